The van der Waals surface area contributed by atoms with E-state index in [2.05, 4.69) is 54.6 Å². The van der Waals surface area contributed by atoms with Crippen LogP contribution in [0, 0.1) is 0 Å². The molecule has 2 aromatic heterocycles. The van der Waals surface area contributed by atoms with Crippen molar-refractivity contribution in [3.05, 3.63) is 41.0 Å². The van der Waals surface area contributed by atoms with Gasteiger partial charge in [0.1, 0.15) is 5.65 Å². The Hall–Kier alpha value is -1.55. The number of hydrogen-bond acceptors (Lipinski definition) is 2. The highest BCUT2D eigenvalue weighted by Crippen LogP contribution is 2.23. The van der Waals surface area contributed by atoms with Crippen LogP contribution in [0.1, 0.15) is 0 Å². The predicted molar refractivity (Wildman–Crippen MR) is 74.7 cm³/mol. The van der Waals surface area contributed by atoms with Gasteiger partial charge in [-0.15, -0.1) is 0 Å². The first-order chi connectivity index (χ1) is 8.15. The van der Waals surface area contributed by atoms with Gasteiger partial charge in [0.2, 0.25) is 0 Å². The summed E-state index contributed by atoms with van der Waals surface area (Å²) >= 11 is 3.47. The Morgan fingerprint density at radius 2 is 2.00 bits per heavy atom. The third kappa shape index (κ3) is 1.69. The minimum absolute atomic E-state index is 0.976. The number of rotatable bonds is 1. The second-order valence-corrected chi connectivity index (χ2v) is 5.17. The van der Waals surface area contributed by atoms with Crippen molar-refractivity contribution in [2.24, 2.45) is 0 Å². The molecule has 86 valence electrons. The average molecular weight is 290 g/mol. The number of pyridine rings is 1. The lowest BCUT2D eigenvalue weighted by Crippen LogP contribution is -2.08. The quantitative estimate of drug-likeness (QED) is 0.685. The van der Waals surface area contributed by atoms with Crippen molar-refractivity contribution < 1.29 is 0 Å². The Morgan fingerprint density at radius 1 is 1.18 bits per heavy atom. The van der Waals surface area contributed by atoms with Gasteiger partial charge in [-0.3, -0.25) is 4.40 Å². The van der Waals surface area contributed by atoms with Crippen LogP contribution in [0.2, 0.25) is 0 Å². The van der Waals surface area contributed by atoms with Crippen molar-refractivity contribution in [2.45, 2.75) is 0 Å². The molecule has 4 heteroatoms. The highest BCUT2D eigenvalue weighted by Gasteiger charge is 2.05. The molecule has 2 heterocycles. The summed E-state index contributed by atoms with van der Waals surface area (Å²) in [4.78, 5) is 6.70. The molecule has 0 saturated heterocycles. The zero-order valence-electron chi connectivity index (χ0n) is 9.68. The van der Waals surface area contributed by atoms with E-state index in [1.54, 1.807) is 0 Å². The summed E-state index contributed by atoms with van der Waals surface area (Å²) in [6.45, 7) is 0. The van der Waals surface area contributed by atoms with E-state index in [1.807, 2.05) is 26.2 Å². The first-order valence-corrected chi connectivity index (χ1v) is 6.19. The van der Waals surface area contributed by atoms with Gasteiger partial charge in [-0.05, 0) is 24.3 Å². The zero-order chi connectivity index (χ0) is 12.0. The first kappa shape index (κ1) is 10.6. The molecule has 0 unspecified atom stereocenters. The molecule has 1 aromatic carbocycles. The number of fused-ring (bicyclic) bond motifs is 3. The third-order valence-corrected chi connectivity index (χ3v) is 3.36. The highest BCUT2D eigenvalue weighted by molar-refractivity contribution is 9.10. The maximum absolute atomic E-state index is 4.63. The van der Waals surface area contributed by atoms with Crippen molar-refractivity contribution in [1.29, 1.82) is 0 Å². The number of halogens is 1. The van der Waals surface area contributed by atoms with E-state index in [0.29, 0.717) is 0 Å². The summed E-state index contributed by atoms with van der Waals surface area (Å²) in [6, 6.07) is 10.3. The van der Waals surface area contributed by atoms with Crippen LogP contribution in [-0.2, 0) is 0 Å². The smallest absolute Gasteiger partial charge is 0.139 e. The van der Waals surface area contributed by atoms with E-state index in [9.17, 15) is 0 Å². The molecule has 3 aromatic rings. The Bertz CT molecular complexity index is 700. The summed E-state index contributed by atoms with van der Waals surface area (Å²) in [7, 11) is 4.07. The Labute approximate surface area is 108 Å². The van der Waals surface area contributed by atoms with E-state index < -0.39 is 0 Å². The molecule has 0 fully saturated rings. The maximum Gasteiger partial charge on any atom is 0.139 e. The van der Waals surface area contributed by atoms with Crippen LogP contribution in [0.25, 0.3) is 16.7 Å². The van der Waals surface area contributed by atoms with Crippen LogP contribution in [-0.4, -0.2) is 23.5 Å². The van der Waals surface area contributed by atoms with Gasteiger partial charge in [-0.1, -0.05) is 15.9 Å². The zero-order valence-corrected chi connectivity index (χ0v) is 11.3. The van der Waals surface area contributed by atoms with Gasteiger partial charge in [0.15, 0.2) is 0 Å². The number of benzene rings is 1. The largest absolute Gasteiger partial charge is 0.378 e. The van der Waals surface area contributed by atoms with Crippen LogP contribution in [0.5, 0.6) is 0 Å². The highest BCUT2D eigenvalue weighted by atomic mass is 79.9. The van der Waals surface area contributed by atoms with Crippen LogP contribution in [0.4, 0.5) is 5.69 Å². The Balaban J connectivity index is 2.35. The van der Waals surface area contributed by atoms with Crippen molar-refractivity contribution >= 4 is 38.3 Å². The van der Waals surface area contributed by atoms with E-state index in [0.717, 1.165) is 26.8 Å². The fourth-order valence-corrected chi connectivity index (χ4v) is 2.31. The predicted octanol–water partition coefficient (Wildman–Crippen LogP) is 3.32. The van der Waals surface area contributed by atoms with Crippen molar-refractivity contribution in [2.75, 3.05) is 19.0 Å². The van der Waals surface area contributed by atoms with Crippen LogP contribution >= 0.6 is 15.9 Å². The number of aromatic nitrogens is 2. The summed E-state index contributed by atoms with van der Waals surface area (Å²) < 4.78 is 3.16. The second-order valence-electron chi connectivity index (χ2n) is 4.25. The standard InChI is InChI=1S/C13H12BrN3/c1-16(2)10-5-6-17-12-4-3-9(14)7-11(12)15-13(17)8-10/h3-8H,1-2H3. The molecule has 0 aliphatic carbocycles. The lowest BCUT2D eigenvalue weighted by Gasteiger charge is -2.11. The SMILES string of the molecule is CN(C)c1ccn2c(c1)nc1cc(Br)ccc12. The molecule has 0 saturated carbocycles. The first-order valence-electron chi connectivity index (χ1n) is 5.40. The van der Waals surface area contributed by atoms with Gasteiger partial charge in [0, 0.05) is 36.5 Å². The lowest BCUT2D eigenvalue weighted by molar-refractivity contribution is 1.11. The Morgan fingerprint density at radius 3 is 2.76 bits per heavy atom. The molecule has 17 heavy (non-hydrogen) atoms. The van der Waals surface area contributed by atoms with Gasteiger partial charge in [-0.25, -0.2) is 4.98 Å². The molecule has 0 bridgehead atoms. The van der Waals surface area contributed by atoms with Gasteiger partial charge in [0.25, 0.3) is 0 Å². The van der Waals surface area contributed by atoms with E-state index in [1.165, 1.54) is 0 Å². The van der Waals surface area contributed by atoms with Gasteiger partial charge in [0.05, 0.1) is 11.0 Å². The molecule has 0 amide bonds. The van der Waals surface area contributed by atoms with Crippen LogP contribution < -0.4 is 4.90 Å². The van der Waals surface area contributed by atoms with Gasteiger partial charge < -0.3 is 4.90 Å². The molecule has 0 radical (unpaired) electrons. The lowest BCUT2D eigenvalue weighted by atomic mass is 10.3. The second kappa shape index (κ2) is 3.74. The van der Waals surface area contributed by atoms with Gasteiger partial charge >= 0.3 is 0 Å². The molecule has 0 atom stereocenters. The van der Waals surface area contributed by atoms with Gasteiger partial charge in [-0.2, -0.15) is 0 Å². The summed E-state index contributed by atoms with van der Waals surface area (Å²) in [5.41, 5.74) is 4.28. The molecule has 3 rings (SSSR count). The maximum atomic E-state index is 4.63. The Kier molecular flexibility index (Phi) is 2.33. The van der Waals surface area contributed by atoms with E-state index in [-0.39, 0.29) is 0 Å². The molecule has 0 aliphatic rings. The summed E-state index contributed by atoms with van der Waals surface area (Å²) in [5.74, 6) is 0. The number of hydrogen-bond donors (Lipinski definition) is 0. The molecule has 0 N–H and O–H groups in total. The topological polar surface area (TPSA) is 20.5 Å². The van der Waals surface area contributed by atoms with Crippen molar-refractivity contribution in [3.8, 4) is 0 Å². The number of anilines is 1. The number of imidazole rings is 1. The monoisotopic (exact) mass is 289 g/mol. The normalized spacial score (nSPS) is 11.2. The minimum Gasteiger partial charge on any atom is -0.378 e. The van der Waals surface area contributed by atoms with Crippen molar-refractivity contribution in [3.63, 3.8) is 0 Å². The van der Waals surface area contributed by atoms with Crippen molar-refractivity contribution in [1.82, 2.24) is 9.38 Å². The molecule has 0 spiro atoms. The molecule has 3 nitrogen and oxygen atoms in total. The van der Waals surface area contributed by atoms with E-state index in [4.69, 9.17) is 0 Å². The fraction of sp³-hybridized carbons (Fsp3) is 0.154. The fourth-order valence-electron chi connectivity index (χ4n) is 1.96. The summed E-state index contributed by atoms with van der Waals surface area (Å²) in [6.07, 6.45) is 2.06. The van der Waals surface area contributed by atoms with Crippen LogP contribution in [0.15, 0.2) is 41.0 Å². The van der Waals surface area contributed by atoms with E-state index >= 15 is 0 Å². The summed E-state index contributed by atoms with van der Waals surface area (Å²) in [5, 5.41) is 0. The number of nitrogens with zero attached hydrogens (tertiary/aromatic N) is 3. The molecular weight excluding hydrogens is 278 g/mol. The minimum atomic E-state index is 0.976. The average Bonchev–Trinajstić information content (AvgIpc) is 2.64. The van der Waals surface area contributed by atoms with Crippen LogP contribution in [0.3, 0.4) is 0 Å². The molecular formula is C13H12BrN3. The molecule has 0 aliphatic heterocycles. The third-order valence-electron chi connectivity index (χ3n) is 2.87.